The van der Waals surface area contributed by atoms with E-state index in [0.29, 0.717) is 19.3 Å². The Morgan fingerprint density at radius 1 is 0.259 bits per heavy atom. The van der Waals surface area contributed by atoms with Crippen molar-refractivity contribution in [3.05, 3.63) is 85.1 Å². The molecule has 0 heterocycles. The molecule has 0 aromatic rings. The zero-order chi connectivity index (χ0) is 58.5. The molecular formula is C75H132O6. The minimum atomic E-state index is -0.807. The van der Waals surface area contributed by atoms with Gasteiger partial charge < -0.3 is 14.2 Å². The molecule has 468 valence electrons. The van der Waals surface area contributed by atoms with Gasteiger partial charge in [0.05, 0.1) is 0 Å². The number of ether oxygens (including phenoxy) is 3. The first-order valence-corrected chi connectivity index (χ1v) is 35.1. The summed E-state index contributed by atoms with van der Waals surface area (Å²) in [6, 6.07) is 0. The first-order valence-electron chi connectivity index (χ1n) is 35.1. The van der Waals surface area contributed by atoms with Crippen LogP contribution in [0.4, 0.5) is 0 Å². The van der Waals surface area contributed by atoms with Crippen molar-refractivity contribution in [3.8, 4) is 0 Å². The summed E-state index contributed by atoms with van der Waals surface area (Å²) >= 11 is 0. The highest BCUT2D eigenvalue weighted by Crippen LogP contribution is 2.17. The standard InChI is InChI=1S/C75H132O6/c1-4-7-10-13-16-19-22-25-27-29-31-33-35-37-39-41-43-45-47-50-53-56-59-62-65-68-74(77)80-71-72(70-79-73(76)67-64-61-58-55-52-49-24-21-18-15-12-9-6-3)81-75(78)69-66-63-60-57-54-51-48-46-44-42-40-38-36-34-32-30-28-26-23-20-17-14-11-8-5-2/h9,12,18,21-22,25,29-32,49,52,58,61,72H,4-8,10-11,13-17,19-20,23-24,26-28,33-48,50-51,53-57,59-60,62-71H2,1-3H3/b12-9-,21-18-,25-22-,31-29-,32-30-,52-49-,61-58-. The molecule has 0 fully saturated rings. The Morgan fingerprint density at radius 3 is 0.840 bits per heavy atom. The molecule has 0 aliphatic rings. The molecule has 0 aromatic heterocycles. The highest BCUT2D eigenvalue weighted by molar-refractivity contribution is 5.71. The van der Waals surface area contributed by atoms with Crippen LogP contribution < -0.4 is 0 Å². The lowest BCUT2D eigenvalue weighted by Crippen LogP contribution is -2.30. The number of hydrogen-bond acceptors (Lipinski definition) is 6. The molecule has 6 nitrogen and oxygen atoms in total. The van der Waals surface area contributed by atoms with E-state index in [2.05, 4.69) is 99.8 Å². The summed E-state index contributed by atoms with van der Waals surface area (Å²) in [4.78, 5) is 38.4. The Morgan fingerprint density at radius 2 is 0.506 bits per heavy atom. The van der Waals surface area contributed by atoms with Gasteiger partial charge in [0, 0.05) is 19.3 Å². The summed E-state index contributed by atoms with van der Waals surface area (Å²) in [6.45, 7) is 6.50. The number of rotatable bonds is 64. The van der Waals surface area contributed by atoms with Gasteiger partial charge in [0.1, 0.15) is 13.2 Å². The topological polar surface area (TPSA) is 78.9 Å². The normalized spacial score (nSPS) is 12.6. The fourth-order valence-electron chi connectivity index (χ4n) is 10.1. The van der Waals surface area contributed by atoms with Gasteiger partial charge in [-0.1, -0.05) is 318 Å². The second-order valence-electron chi connectivity index (χ2n) is 23.4. The number of esters is 3. The fourth-order valence-corrected chi connectivity index (χ4v) is 10.1. The van der Waals surface area contributed by atoms with Crippen LogP contribution in [0.5, 0.6) is 0 Å². The maximum absolute atomic E-state index is 12.9. The van der Waals surface area contributed by atoms with E-state index in [1.165, 1.54) is 238 Å². The van der Waals surface area contributed by atoms with Crippen LogP contribution >= 0.6 is 0 Å². The van der Waals surface area contributed by atoms with Crippen LogP contribution in [0.15, 0.2) is 85.1 Å². The predicted octanol–water partition coefficient (Wildman–Crippen LogP) is 24.2. The second-order valence-corrected chi connectivity index (χ2v) is 23.4. The van der Waals surface area contributed by atoms with Gasteiger partial charge in [-0.25, -0.2) is 0 Å². The lowest BCUT2D eigenvalue weighted by Gasteiger charge is -2.18. The minimum absolute atomic E-state index is 0.0966. The maximum Gasteiger partial charge on any atom is 0.306 e. The van der Waals surface area contributed by atoms with E-state index in [1.54, 1.807) is 0 Å². The highest BCUT2D eigenvalue weighted by atomic mass is 16.6. The van der Waals surface area contributed by atoms with Crippen molar-refractivity contribution in [3.63, 3.8) is 0 Å². The van der Waals surface area contributed by atoms with Crippen molar-refractivity contribution in [1.82, 2.24) is 0 Å². The van der Waals surface area contributed by atoms with E-state index >= 15 is 0 Å². The number of carbonyl (C=O) groups is 3. The van der Waals surface area contributed by atoms with Gasteiger partial charge >= 0.3 is 17.9 Å². The van der Waals surface area contributed by atoms with Crippen molar-refractivity contribution in [1.29, 1.82) is 0 Å². The smallest absolute Gasteiger partial charge is 0.306 e. The van der Waals surface area contributed by atoms with E-state index in [4.69, 9.17) is 14.2 Å². The largest absolute Gasteiger partial charge is 0.462 e. The molecule has 0 bridgehead atoms. The number of hydrogen-bond donors (Lipinski definition) is 0. The molecule has 0 amide bonds. The summed E-state index contributed by atoms with van der Waals surface area (Å²) in [7, 11) is 0. The van der Waals surface area contributed by atoms with Crippen molar-refractivity contribution in [2.24, 2.45) is 0 Å². The average Bonchev–Trinajstić information content (AvgIpc) is 3.46. The lowest BCUT2D eigenvalue weighted by atomic mass is 10.0. The molecule has 0 N–H and O–H groups in total. The van der Waals surface area contributed by atoms with Gasteiger partial charge in [0.15, 0.2) is 6.10 Å². The third-order valence-electron chi connectivity index (χ3n) is 15.4. The van der Waals surface area contributed by atoms with Crippen LogP contribution in [-0.4, -0.2) is 37.2 Å². The first kappa shape index (κ1) is 77.6. The van der Waals surface area contributed by atoms with Crippen LogP contribution in [0.25, 0.3) is 0 Å². The third-order valence-corrected chi connectivity index (χ3v) is 15.4. The van der Waals surface area contributed by atoms with Crippen LogP contribution in [-0.2, 0) is 28.6 Å². The first-order chi connectivity index (χ1) is 40.0. The predicted molar refractivity (Wildman–Crippen MR) is 353 cm³/mol. The van der Waals surface area contributed by atoms with Crippen LogP contribution in [0.1, 0.15) is 355 Å². The molecule has 0 spiro atoms. The van der Waals surface area contributed by atoms with E-state index < -0.39 is 6.10 Å². The SMILES string of the molecule is CC/C=C\C/C=C\C/C=C\C/C=C\CCC(=O)OCC(COC(=O)CCCCCCCCCCCCCCC/C=C\C/C=C\CCCCCCC)OC(=O)CCCCCCCCCCCCCCC/C=C\CCCCCCCCCC. The molecule has 0 aromatic carbocycles. The van der Waals surface area contributed by atoms with Crippen molar-refractivity contribution in [2.45, 2.75) is 361 Å². The quantitative estimate of drug-likeness (QED) is 0.0261. The molecule has 1 unspecified atom stereocenters. The Bertz CT molecular complexity index is 1530. The Labute approximate surface area is 503 Å². The van der Waals surface area contributed by atoms with E-state index in [0.717, 1.165) is 70.6 Å². The third kappa shape index (κ3) is 67.3. The molecule has 0 aliphatic carbocycles. The molecule has 0 radical (unpaired) electrons. The summed E-state index contributed by atoms with van der Waals surface area (Å²) < 4.78 is 16.9. The Kier molecular flexibility index (Phi) is 66.2. The van der Waals surface area contributed by atoms with Crippen molar-refractivity contribution in [2.75, 3.05) is 13.2 Å². The molecule has 6 heteroatoms. The van der Waals surface area contributed by atoms with Crippen LogP contribution in [0.3, 0.4) is 0 Å². The molecule has 0 saturated heterocycles. The number of allylic oxidation sites excluding steroid dienone is 14. The van der Waals surface area contributed by atoms with Gasteiger partial charge in [-0.15, -0.1) is 0 Å². The zero-order valence-electron chi connectivity index (χ0n) is 53.8. The summed E-state index contributed by atoms with van der Waals surface area (Å²) in [5, 5.41) is 0. The van der Waals surface area contributed by atoms with E-state index in [-0.39, 0.29) is 37.5 Å². The highest BCUT2D eigenvalue weighted by Gasteiger charge is 2.19. The monoisotopic (exact) mass is 1130 g/mol. The van der Waals surface area contributed by atoms with Gasteiger partial charge in [-0.05, 0) is 103 Å². The van der Waals surface area contributed by atoms with Crippen LogP contribution in [0.2, 0.25) is 0 Å². The Balaban J connectivity index is 4.29. The number of unbranched alkanes of at least 4 members (excludes halogenated alkanes) is 39. The number of carbonyl (C=O) groups excluding carboxylic acids is 3. The molecule has 0 rings (SSSR count). The summed E-state index contributed by atoms with van der Waals surface area (Å²) in [6.07, 6.45) is 92.0. The molecule has 0 saturated carbocycles. The molecular weight excluding hydrogens is 997 g/mol. The zero-order valence-corrected chi connectivity index (χ0v) is 53.8. The van der Waals surface area contributed by atoms with Gasteiger partial charge in [-0.3, -0.25) is 14.4 Å². The summed E-state index contributed by atoms with van der Waals surface area (Å²) in [5.74, 6) is -0.966. The maximum atomic E-state index is 12.9. The van der Waals surface area contributed by atoms with Crippen molar-refractivity contribution >= 4 is 17.9 Å². The molecule has 0 aliphatic heterocycles. The fraction of sp³-hybridized carbons (Fsp3) is 0.773. The van der Waals surface area contributed by atoms with Gasteiger partial charge in [0.2, 0.25) is 0 Å². The molecule has 81 heavy (non-hydrogen) atoms. The minimum Gasteiger partial charge on any atom is -0.462 e. The average molecular weight is 1130 g/mol. The second kappa shape index (κ2) is 69.1. The molecule has 1 atom stereocenters. The van der Waals surface area contributed by atoms with Crippen molar-refractivity contribution < 1.29 is 28.6 Å². The van der Waals surface area contributed by atoms with Crippen LogP contribution in [0, 0.1) is 0 Å². The van der Waals surface area contributed by atoms with Gasteiger partial charge in [-0.2, -0.15) is 0 Å². The van der Waals surface area contributed by atoms with Gasteiger partial charge in [0.25, 0.3) is 0 Å². The lowest BCUT2D eigenvalue weighted by molar-refractivity contribution is -0.166. The Hall–Kier alpha value is -3.41. The summed E-state index contributed by atoms with van der Waals surface area (Å²) in [5.41, 5.74) is 0. The van der Waals surface area contributed by atoms with E-state index in [1.807, 2.05) is 6.08 Å². The van der Waals surface area contributed by atoms with E-state index in [9.17, 15) is 14.4 Å².